The minimum Gasteiger partial charge on any atom is -0.368 e. The molecule has 8 nitrogen and oxygen atoms in total. The van der Waals surface area contributed by atoms with Gasteiger partial charge in [-0.15, -0.1) is 0 Å². The molecule has 1 aromatic rings. The molecule has 0 heterocycles. The number of carbonyl (C=O) groups excluding carboxylic acids is 2. The maximum Gasteiger partial charge on any atom is 0.668 e. The number of isocyanates is 2. The molecule has 0 amide bonds. The Kier molecular flexibility index (Phi) is 17.8. The molecular formula is C9H14N2O6Si. The van der Waals surface area contributed by atoms with Gasteiger partial charge in [-0.05, 0) is 6.92 Å². The van der Waals surface area contributed by atoms with E-state index < -0.39 is 9.05 Å². The minimum absolute atomic E-state index is 0.750. The minimum atomic E-state index is -4.61. The monoisotopic (exact) mass is 274 g/mol. The normalized spacial score (nSPS) is 7.61. The summed E-state index contributed by atoms with van der Waals surface area (Å²) in [5.74, 6) is 0. The summed E-state index contributed by atoms with van der Waals surface area (Å²) in [6.07, 6.45) is 1.50. The highest BCUT2D eigenvalue weighted by Gasteiger charge is 2.22. The Morgan fingerprint density at radius 2 is 1.17 bits per heavy atom. The van der Waals surface area contributed by atoms with Crippen molar-refractivity contribution in [1.82, 2.24) is 0 Å². The van der Waals surface area contributed by atoms with E-state index in [0.29, 0.717) is 0 Å². The fourth-order valence-electron chi connectivity index (χ4n) is 0.534. The zero-order valence-corrected chi connectivity index (χ0v) is 10.5. The SMILES string of the molecule is Cc1ccccc1.N=C=O.N=C=O.O[Si](O)(O)O. The van der Waals surface area contributed by atoms with Crippen LogP contribution in [0.3, 0.4) is 0 Å². The summed E-state index contributed by atoms with van der Waals surface area (Å²) in [5, 5.41) is 10.8. The first-order chi connectivity index (χ1) is 8.22. The van der Waals surface area contributed by atoms with Crippen LogP contribution in [-0.2, 0) is 9.59 Å². The highest BCUT2D eigenvalue weighted by atomic mass is 28.4. The zero-order valence-electron chi connectivity index (χ0n) is 9.49. The Labute approximate surface area is 104 Å². The number of benzene rings is 1. The molecule has 9 heteroatoms. The summed E-state index contributed by atoms with van der Waals surface area (Å²) in [5.41, 5.74) is 1.32. The lowest BCUT2D eigenvalue weighted by Gasteiger charge is -1.91. The topological polar surface area (TPSA) is 163 Å². The highest BCUT2D eigenvalue weighted by Crippen LogP contribution is 1.92. The maximum absolute atomic E-state index is 8.35. The van der Waals surface area contributed by atoms with Gasteiger partial charge in [0.15, 0.2) is 0 Å². The lowest BCUT2D eigenvalue weighted by molar-refractivity contribution is 0.117. The third-order valence-electron chi connectivity index (χ3n) is 0.940. The Morgan fingerprint density at radius 1 is 0.944 bits per heavy atom. The lowest BCUT2D eigenvalue weighted by atomic mass is 10.2. The van der Waals surface area contributed by atoms with Crippen molar-refractivity contribution in [1.29, 1.82) is 10.8 Å². The van der Waals surface area contributed by atoms with E-state index in [-0.39, 0.29) is 0 Å². The molecule has 0 bridgehead atoms. The molecule has 0 radical (unpaired) electrons. The van der Waals surface area contributed by atoms with Crippen molar-refractivity contribution in [2.45, 2.75) is 6.92 Å². The summed E-state index contributed by atoms with van der Waals surface area (Å²) in [7, 11) is -4.61. The van der Waals surface area contributed by atoms with Crippen LogP contribution in [0.5, 0.6) is 0 Å². The Balaban J connectivity index is -0.000000182. The number of hydrogen-bond acceptors (Lipinski definition) is 8. The number of nitrogens with one attached hydrogen (secondary N) is 2. The molecule has 100 valence electrons. The van der Waals surface area contributed by atoms with Crippen LogP contribution in [0.25, 0.3) is 0 Å². The third kappa shape index (κ3) is 65.5. The fourth-order valence-corrected chi connectivity index (χ4v) is 0.534. The summed E-state index contributed by atoms with van der Waals surface area (Å²) >= 11 is 0. The zero-order chi connectivity index (χ0) is 15.0. The molecular weight excluding hydrogens is 260 g/mol. The Morgan fingerprint density at radius 3 is 1.28 bits per heavy atom. The molecule has 1 rings (SSSR count). The molecule has 0 aliphatic carbocycles. The van der Waals surface area contributed by atoms with Gasteiger partial charge in [-0.25, -0.2) is 20.4 Å². The molecule has 0 fully saturated rings. The van der Waals surface area contributed by atoms with E-state index in [1.807, 2.05) is 18.2 Å². The Hall–Kier alpha value is -1.96. The second kappa shape index (κ2) is 15.0. The second-order valence-corrected chi connectivity index (χ2v) is 3.66. The van der Waals surface area contributed by atoms with E-state index in [0.717, 1.165) is 12.2 Å². The van der Waals surface area contributed by atoms with Crippen molar-refractivity contribution >= 4 is 21.2 Å². The molecule has 18 heavy (non-hydrogen) atoms. The van der Waals surface area contributed by atoms with E-state index in [1.54, 1.807) is 0 Å². The van der Waals surface area contributed by atoms with Gasteiger partial charge in [0, 0.05) is 0 Å². The number of hydrogen-bond donors (Lipinski definition) is 6. The second-order valence-electron chi connectivity index (χ2n) is 2.46. The Bertz CT molecular complexity index is 335. The molecule has 0 saturated heterocycles. The molecule has 0 saturated carbocycles. The van der Waals surface area contributed by atoms with E-state index in [2.05, 4.69) is 19.1 Å². The van der Waals surface area contributed by atoms with Crippen LogP contribution in [0.4, 0.5) is 0 Å². The molecule has 0 unspecified atom stereocenters. The predicted molar refractivity (Wildman–Crippen MR) is 62.6 cm³/mol. The van der Waals surface area contributed by atoms with E-state index in [4.69, 9.17) is 39.6 Å². The van der Waals surface area contributed by atoms with Crippen LogP contribution in [0.2, 0.25) is 0 Å². The summed E-state index contributed by atoms with van der Waals surface area (Å²) in [6.45, 7) is 2.08. The molecule has 0 atom stereocenters. The average Bonchev–Trinajstić information content (AvgIpc) is 2.18. The fraction of sp³-hybridized carbons (Fsp3) is 0.111. The van der Waals surface area contributed by atoms with E-state index >= 15 is 0 Å². The molecule has 1 aromatic carbocycles. The van der Waals surface area contributed by atoms with Crippen molar-refractivity contribution in [3.8, 4) is 0 Å². The summed E-state index contributed by atoms with van der Waals surface area (Å²) in [6, 6.07) is 10.3. The van der Waals surface area contributed by atoms with Crippen molar-refractivity contribution in [2.24, 2.45) is 0 Å². The quantitative estimate of drug-likeness (QED) is 0.206. The van der Waals surface area contributed by atoms with Crippen LogP contribution in [-0.4, -0.2) is 40.4 Å². The van der Waals surface area contributed by atoms with Gasteiger partial charge in [0.1, 0.15) is 0 Å². The first kappa shape index (κ1) is 21.3. The first-order valence-electron chi connectivity index (χ1n) is 4.21. The van der Waals surface area contributed by atoms with E-state index in [1.165, 1.54) is 5.56 Å². The number of aryl methyl sites for hydroxylation is 1. The van der Waals surface area contributed by atoms with Crippen molar-refractivity contribution in [2.75, 3.05) is 0 Å². The van der Waals surface area contributed by atoms with Crippen LogP contribution < -0.4 is 0 Å². The maximum atomic E-state index is 8.35. The smallest absolute Gasteiger partial charge is 0.368 e. The lowest BCUT2D eigenvalue weighted by Crippen LogP contribution is -2.33. The van der Waals surface area contributed by atoms with Gasteiger partial charge < -0.3 is 19.2 Å². The van der Waals surface area contributed by atoms with Crippen LogP contribution in [0.1, 0.15) is 5.56 Å². The third-order valence-corrected chi connectivity index (χ3v) is 0.940. The van der Waals surface area contributed by atoms with Crippen LogP contribution in [0, 0.1) is 17.7 Å². The van der Waals surface area contributed by atoms with Gasteiger partial charge in [0.25, 0.3) is 0 Å². The van der Waals surface area contributed by atoms with Crippen LogP contribution >= 0.6 is 0 Å². The summed E-state index contributed by atoms with van der Waals surface area (Å²) < 4.78 is 0. The van der Waals surface area contributed by atoms with E-state index in [9.17, 15) is 0 Å². The number of rotatable bonds is 0. The average molecular weight is 274 g/mol. The van der Waals surface area contributed by atoms with Crippen molar-refractivity contribution in [3.63, 3.8) is 0 Å². The van der Waals surface area contributed by atoms with Gasteiger partial charge in [0.2, 0.25) is 12.2 Å². The van der Waals surface area contributed by atoms with Crippen LogP contribution in [0.15, 0.2) is 30.3 Å². The molecule has 0 aromatic heterocycles. The van der Waals surface area contributed by atoms with Gasteiger partial charge in [-0.2, -0.15) is 0 Å². The van der Waals surface area contributed by atoms with Crippen molar-refractivity contribution in [3.05, 3.63) is 35.9 Å². The molecule has 6 N–H and O–H groups in total. The molecule has 0 aliphatic rings. The van der Waals surface area contributed by atoms with Crippen molar-refractivity contribution < 1.29 is 28.8 Å². The van der Waals surface area contributed by atoms with Gasteiger partial charge >= 0.3 is 9.05 Å². The van der Waals surface area contributed by atoms with Gasteiger partial charge in [-0.3, -0.25) is 0 Å². The standard InChI is InChI=1S/C7H8.2CHNO.H4O4Si/c1-7-5-3-2-4-6-7;2*2-1-3;1-5(2,3)4/h2-6H,1H3;2*2H;1-4H. The molecule has 0 spiro atoms. The van der Waals surface area contributed by atoms with Gasteiger partial charge in [-0.1, -0.05) is 35.9 Å². The highest BCUT2D eigenvalue weighted by molar-refractivity contribution is 6.46. The predicted octanol–water partition coefficient (Wildman–Crippen LogP) is -0.812. The van der Waals surface area contributed by atoms with Gasteiger partial charge in [0.05, 0.1) is 0 Å². The molecule has 0 aliphatic heterocycles. The summed E-state index contributed by atoms with van der Waals surface area (Å²) in [4.78, 5) is 46.0. The largest absolute Gasteiger partial charge is 0.668 e. The first-order valence-corrected chi connectivity index (χ1v) is 6.00.